The number of aryl methyl sites for hydroxylation is 1. The summed E-state index contributed by atoms with van der Waals surface area (Å²) in [5.41, 5.74) is 3.87. The van der Waals surface area contributed by atoms with Crippen LogP contribution in [0, 0.1) is 6.92 Å². The zero-order valence-corrected chi connectivity index (χ0v) is 17.8. The number of aromatic nitrogens is 1. The van der Waals surface area contributed by atoms with Crippen molar-refractivity contribution in [3.63, 3.8) is 0 Å². The number of benzene rings is 2. The van der Waals surface area contributed by atoms with Crippen molar-refractivity contribution in [1.29, 1.82) is 0 Å². The first-order valence-electron chi connectivity index (χ1n) is 10.0. The first-order chi connectivity index (χ1) is 14.5. The maximum atomic E-state index is 12.9. The SMILES string of the molecule is CCN1C(=O)C(CC(=O)Nc2ccc3cc[nH]c3c2)N(Cc2ccc(C)cc2)C1=S. The Balaban J connectivity index is 1.51. The Morgan fingerprint density at radius 1 is 1.17 bits per heavy atom. The fourth-order valence-corrected chi connectivity index (χ4v) is 4.18. The molecule has 2 heterocycles. The summed E-state index contributed by atoms with van der Waals surface area (Å²) in [5, 5.41) is 4.47. The summed E-state index contributed by atoms with van der Waals surface area (Å²) in [7, 11) is 0. The summed E-state index contributed by atoms with van der Waals surface area (Å²) < 4.78 is 0. The highest BCUT2D eigenvalue weighted by molar-refractivity contribution is 7.80. The van der Waals surface area contributed by atoms with Crippen molar-refractivity contribution in [1.82, 2.24) is 14.8 Å². The molecule has 0 saturated carbocycles. The highest BCUT2D eigenvalue weighted by Gasteiger charge is 2.42. The Morgan fingerprint density at radius 2 is 1.93 bits per heavy atom. The molecular weight excluding hydrogens is 396 g/mol. The van der Waals surface area contributed by atoms with Crippen LogP contribution in [0.15, 0.2) is 54.7 Å². The van der Waals surface area contributed by atoms with E-state index < -0.39 is 6.04 Å². The smallest absolute Gasteiger partial charge is 0.252 e. The summed E-state index contributed by atoms with van der Waals surface area (Å²) in [6.45, 7) is 4.91. The first kappa shape index (κ1) is 20.1. The van der Waals surface area contributed by atoms with Crippen molar-refractivity contribution in [3.8, 4) is 0 Å². The number of amides is 2. The van der Waals surface area contributed by atoms with Crippen LogP contribution in [0.3, 0.4) is 0 Å². The van der Waals surface area contributed by atoms with Crippen LogP contribution in [0.5, 0.6) is 0 Å². The Labute approximate surface area is 180 Å². The van der Waals surface area contributed by atoms with Crippen LogP contribution in [-0.2, 0) is 16.1 Å². The van der Waals surface area contributed by atoms with E-state index in [1.54, 1.807) is 4.90 Å². The second kappa shape index (κ2) is 8.28. The second-order valence-electron chi connectivity index (χ2n) is 7.53. The second-order valence-corrected chi connectivity index (χ2v) is 7.89. The minimum Gasteiger partial charge on any atom is -0.361 e. The van der Waals surface area contributed by atoms with E-state index >= 15 is 0 Å². The van der Waals surface area contributed by atoms with Gasteiger partial charge in [-0.15, -0.1) is 0 Å². The topological polar surface area (TPSA) is 68.4 Å². The molecule has 1 aromatic heterocycles. The Kier molecular flexibility index (Phi) is 5.55. The van der Waals surface area contributed by atoms with Crippen molar-refractivity contribution in [2.24, 2.45) is 0 Å². The molecule has 1 atom stereocenters. The molecule has 4 rings (SSSR count). The average Bonchev–Trinajstić information content (AvgIpc) is 3.27. The van der Waals surface area contributed by atoms with Gasteiger partial charge in [0.25, 0.3) is 5.91 Å². The van der Waals surface area contributed by atoms with Crippen LogP contribution in [0.25, 0.3) is 10.9 Å². The molecule has 1 unspecified atom stereocenters. The number of nitrogens with zero attached hydrogens (tertiary/aromatic N) is 2. The standard InChI is InChI=1S/C23H24N4O2S/c1-3-26-22(29)20(27(23(26)30)14-16-6-4-15(2)5-7-16)13-21(28)25-18-9-8-17-10-11-24-19(17)12-18/h4-12,20,24H,3,13-14H2,1-2H3,(H,25,28). The normalized spacial score (nSPS) is 16.5. The quantitative estimate of drug-likeness (QED) is 0.595. The summed E-state index contributed by atoms with van der Waals surface area (Å²) in [5.74, 6) is -0.335. The number of hydrogen-bond acceptors (Lipinski definition) is 3. The number of aromatic amines is 1. The third-order valence-electron chi connectivity index (χ3n) is 5.41. The van der Waals surface area contributed by atoms with Gasteiger partial charge in [-0.1, -0.05) is 35.9 Å². The molecule has 0 radical (unpaired) electrons. The van der Waals surface area contributed by atoms with Gasteiger partial charge < -0.3 is 15.2 Å². The number of fused-ring (bicyclic) bond motifs is 1. The monoisotopic (exact) mass is 420 g/mol. The van der Waals surface area contributed by atoms with E-state index in [2.05, 4.69) is 10.3 Å². The molecule has 1 saturated heterocycles. The lowest BCUT2D eigenvalue weighted by Crippen LogP contribution is -2.37. The van der Waals surface area contributed by atoms with Crippen LogP contribution in [-0.4, -0.2) is 44.3 Å². The van der Waals surface area contributed by atoms with Gasteiger partial charge in [0, 0.05) is 30.5 Å². The van der Waals surface area contributed by atoms with Crippen LogP contribution >= 0.6 is 12.2 Å². The fraction of sp³-hybridized carbons (Fsp3) is 0.261. The molecule has 0 spiro atoms. The molecule has 1 aliphatic heterocycles. The van der Waals surface area contributed by atoms with Gasteiger partial charge in [0.15, 0.2) is 5.11 Å². The number of nitrogens with one attached hydrogen (secondary N) is 2. The number of anilines is 1. The summed E-state index contributed by atoms with van der Waals surface area (Å²) >= 11 is 5.56. The van der Waals surface area contributed by atoms with E-state index in [9.17, 15) is 9.59 Å². The van der Waals surface area contributed by atoms with Gasteiger partial charge in [-0.25, -0.2) is 0 Å². The molecule has 2 N–H and O–H groups in total. The lowest BCUT2D eigenvalue weighted by Gasteiger charge is -2.24. The van der Waals surface area contributed by atoms with Crippen LogP contribution in [0.2, 0.25) is 0 Å². The van der Waals surface area contributed by atoms with E-state index in [0.29, 0.717) is 23.9 Å². The number of likely N-dealkylation sites (N-methyl/N-ethyl adjacent to an activating group) is 1. The lowest BCUT2D eigenvalue weighted by atomic mass is 10.1. The van der Waals surface area contributed by atoms with Gasteiger partial charge in [-0.3, -0.25) is 14.5 Å². The zero-order chi connectivity index (χ0) is 21.3. The van der Waals surface area contributed by atoms with Crippen LogP contribution < -0.4 is 5.32 Å². The molecule has 0 bridgehead atoms. The minimum atomic E-state index is -0.604. The third-order valence-corrected chi connectivity index (χ3v) is 5.87. The summed E-state index contributed by atoms with van der Waals surface area (Å²) in [4.78, 5) is 32.3. The largest absolute Gasteiger partial charge is 0.361 e. The summed E-state index contributed by atoms with van der Waals surface area (Å²) in [6, 6.07) is 15.2. The number of H-pyrrole nitrogens is 1. The molecule has 2 amide bonds. The Hall–Kier alpha value is -3.19. The Morgan fingerprint density at radius 3 is 2.67 bits per heavy atom. The molecule has 7 heteroatoms. The van der Waals surface area contributed by atoms with Gasteiger partial charge >= 0.3 is 0 Å². The number of hydrogen-bond donors (Lipinski definition) is 2. The van der Waals surface area contributed by atoms with Crippen molar-refractivity contribution < 1.29 is 9.59 Å². The van der Waals surface area contributed by atoms with Gasteiger partial charge in [-0.05, 0) is 55.2 Å². The first-order valence-corrected chi connectivity index (χ1v) is 10.4. The predicted octanol–water partition coefficient (Wildman–Crippen LogP) is 3.82. The van der Waals surface area contributed by atoms with Crippen molar-refractivity contribution in [2.45, 2.75) is 32.9 Å². The van der Waals surface area contributed by atoms with Gasteiger partial charge in [0.05, 0.1) is 6.42 Å². The van der Waals surface area contributed by atoms with Crippen molar-refractivity contribution >= 4 is 45.7 Å². The molecule has 1 aliphatic rings. The predicted molar refractivity (Wildman–Crippen MR) is 122 cm³/mol. The van der Waals surface area contributed by atoms with Gasteiger partial charge in [-0.2, -0.15) is 0 Å². The number of carbonyl (C=O) groups is 2. The highest BCUT2D eigenvalue weighted by atomic mass is 32.1. The molecule has 154 valence electrons. The van der Waals surface area contributed by atoms with E-state index in [-0.39, 0.29) is 18.2 Å². The molecule has 0 aliphatic carbocycles. The van der Waals surface area contributed by atoms with E-state index in [0.717, 1.165) is 16.5 Å². The molecule has 30 heavy (non-hydrogen) atoms. The molecule has 2 aromatic carbocycles. The fourth-order valence-electron chi connectivity index (χ4n) is 3.77. The van der Waals surface area contributed by atoms with Gasteiger partial charge in [0.2, 0.25) is 5.91 Å². The number of carbonyl (C=O) groups excluding carboxylic acids is 2. The summed E-state index contributed by atoms with van der Waals surface area (Å²) in [6.07, 6.45) is 1.90. The molecule has 1 fully saturated rings. The highest BCUT2D eigenvalue weighted by Crippen LogP contribution is 2.24. The maximum Gasteiger partial charge on any atom is 0.252 e. The molecular formula is C23H24N4O2S. The van der Waals surface area contributed by atoms with Crippen LogP contribution in [0.1, 0.15) is 24.5 Å². The zero-order valence-electron chi connectivity index (χ0n) is 17.0. The molecule has 6 nitrogen and oxygen atoms in total. The van der Waals surface area contributed by atoms with E-state index in [1.807, 2.05) is 73.5 Å². The number of thiocarbonyl (C=S) groups is 1. The molecule has 3 aromatic rings. The van der Waals surface area contributed by atoms with Crippen molar-refractivity contribution in [3.05, 3.63) is 65.9 Å². The van der Waals surface area contributed by atoms with Gasteiger partial charge in [0.1, 0.15) is 6.04 Å². The van der Waals surface area contributed by atoms with Crippen molar-refractivity contribution in [2.75, 3.05) is 11.9 Å². The number of rotatable bonds is 6. The van der Waals surface area contributed by atoms with E-state index in [4.69, 9.17) is 12.2 Å². The average molecular weight is 421 g/mol. The third kappa shape index (κ3) is 3.93. The lowest BCUT2D eigenvalue weighted by molar-refractivity contribution is -0.130. The minimum absolute atomic E-state index is 0.0457. The maximum absolute atomic E-state index is 12.9. The van der Waals surface area contributed by atoms with E-state index in [1.165, 1.54) is 5.56 Å². The van der Waals surface area contributed by atoms with Crippen LogP contribution in [0.4, 0.5) is 5.69 Å². The Bertz CT molecular complexity index is 1110.